The summed E-state index contributed by atoms with van der Waals surface area (Å²) in [7, 11) is 0. The summed E-state index contributed by atoms with van der Waals surface area (Å²) >= 11 is 3.48. The minimum Gasteiger partial charge on any atom is -0.317 e. The predicted octanol–water partition coefficient (Wildman–Crippen LogP) is 2.64. The van der Waals surface area contributed by atoms with Gasteiger partial charge in [0, 0.05) is 16.9 Å². The van der Waals surface area contributed by atoms with E-state index in [-0.39, 0.29) is 0 Å². The number of nitrogens with one attached hydrogen (secondary N) is 1. The molecule has 0 atom stereocenters. The first kappa shape index (κ1) is 11.2. The smallest absolute Gasteiger partial charge is 0.138 e. The summed E-state index contributed by atoms with van der Waals surface area (Å²) in [5, 5.41) is 3.40. The predicted molar refractivity (Wildman–Crippen MR) is 72.2 cm³/mol. The summed E-state index contributed by atoms with van der Waals surface area (Å²) in [6.45, 7) is 2.31. The fraction of sp³-hybridized carbons (Fsp3) is 0.462. The van der Waals surface area contributed by atoms with Crippen LogP contribution in [0.1, 0.15) is 18.5 Å². The molecule has 1 saturated heterocycles. The van der Waals surface area contributed by atoms with Crippen molar-refractivity contribution in [1.82, 2.24) is 14.7 Å². The van der Waals surface area contributed by atoms with Crippen LogP contribution in [0.5, 0.6) is 0 Å². The molecule has 0 radical (unpaired) electrons. The lowest BCUT2D eigenvalue weighted by Gasteiger charge is -2.21. The number of halogens is 1. The van der Waals surface area contributed by atoms with Gasteiger partial charge in [-0.05, 0) is 50.4 Å². The number of rotatable bonds is 2. The van der Waals surface area contributed by atoms with Crippen molar-refractivity contribution >= 4 is 21.6 Å². The first-order valence-electron chi connectivity index (χ1n) is 6.15. The van der Waals surface area contributed by atoms with Crippen molar-refractivity contribution in [2.75, 3.05) is 13.1 Å². The van der Waals surface area contributed by atoms with Gasteiger partial charge in [-0.15, -0.1) is 0 Å². The standard InChI is InChI=1S/C13H16BrN3/c14-11-3-6-17-9-12(16-13(17)8-11)7-10-1-4-15-5-2-10/h3,6,8-10,15H,1-2,4-5,7H2. The average Bonchev–Trinajstić information content (AvgIpc) is 2.71. The molecule has 1 aliphatic rings. The van der Waals surface area contributed by atoms with Gasteiger partial charge in [0.05, 0.1) is 5.69 Å². The highest BCUT2D eigenvalue weighted by atomic mass is 79.9. The van der Waals surface area contributed by atoms with Crippen LogP contribution in [0.2, 0.25) is 0 Å². The van der Waals surface area contributed by atoms with Crippen molar-refractivity contribution in [2.45, 2.75) is 19.3 Å². The minimum atomic E-state index is 0.796. The Morgan fingerprint density at radius 1 is 1.41 bits per heavy atom. The van der Waals surface area contributed by atoms with Gasteiger partial charge in [0.25, 0.3) is 0 Å². The first-order valence-corrected chi connectivity index (χ1v) is 6.94. The first-order chi connectivity index (χ1) is 8.31. The summed E-state index contributed by atoms with van der Waals surface area (Å²) in [5.74, 6) is 0.796. The highest BCUT2D eigenvalue weighted by molar-refractivity contribution is 9.10. The maximum Gasteiger partial charge on any atom is 0.138 e. The van der Waals surface area contributed by atoms with Crippen molar-refractivity contribution in [1.29, 1.82) is 0 Å². The molecule has 3 rings (SSSR count). The molecule has 2 aromatic rings. The Morgan fingerprint density at radius 2 is 2.24 bits per heavy atom. The molecule has 0 aliphatic carbocycles. The second-order valence-corrected chi connectivity index (χ2v) is 5.66. The van der Waals surface area contributed by atoms with Gasteiger partial charge in [0.2, 0.25) is 0 Å². The van der Waals surface area contributed by atoms with E-state index in [2.05, 4.69) is 49.1 Å². The molecule has 4 heteroatoms. The largest absolute Gasteiger partial charge is 0.317 e. The van der Waals surface area contributed by atoms with Gasteiger partial charge in [-0.2, -0.15) is 0 Å². The highest BCUT2D eigenvalue weighted by Gasteiger charge is 2.15. The molecular formula is C13H16BrN3. The van der Waals surface area contributed by atoms with E-state index in [1.807, 2.05) is 6.07 Å². The van der Waals surface area contributed by atoms with Gasteiger partial charge >= 0.3 is 0 Å². The lowest BCUT2D eigenvalue weighted by molar-refractivity contribution is 0.370. The fourth-order valence-corrected chi connectivity index (χ4v) is 2.81. The summed E-state index contributed by atoms with van der Waals surface area (Å²) in [4.78, 5) is 4.68. The monoisotopic (exact) mass is 293 g/mol. The van der Waals surface area contributed by atoms with Gasteiger partial charge in [-0.1, -0.05) is 15.9 Å². The third-order valence-corrected chi connectivity index (χ3v) is 3.92. The van der Waals surface area contributed by atoms with Crippen LogP contribution in [-0.2, 0) is 6.42 Å². The third-order valence-electron chi connectivity index (χ3n) is 3.43. The lowest BCUT2D eigenvalue weighted by atomic mass is 9.93. The summed E-state index contributed by atoms with van der Waals surface area (Å²) < 4.78 is 3.19. The number of hydrogen-bond donors (Lipinski definition) is 1. The average molecular weight is 294 g/mol. The molecule has 0 amide bonds. The molecular weight excluding hydrogens is 278 g/mol. The fourth-order valence-electron chi connectivity index (χ4n) is 2.49. The molecule has 90 valence electrons. The Morgan fingerprint density at radius 3 is 3.06 bits per heavy atom. The van der Waals surface area contributed by atoms with Crippen molar-refractivity contribution in [3.05, 3.63) is 34.7 Å². The summed E-state index contributed by atoms with van der Waals surface area (Å²) in [5.41, 5.74) is 2.25. The topological polar surface area (TPSA) is 29.3 Å². The Hall–Kier alpha value is -0.870. The van der Waals surface area contributed by atoms with Gasteiger partial charge in [-0.25, -0.2) is 4.98 Å². The molecule has 1 N–H and O–H groups in total. The van der Waals surface area contributed by atoms with E-state index in [9.17, 15) is 0 Å². The van der Waals surface area contributed by atoms with Gasteiger partial charge < -0.3 is 9.72 Å². The molecule has 17 heavy (non-hydrogen) atoms. The van der Waals surface area contributed by atoms with E-state index < -0.39 is 0 Å². The molecule has 0 unspecified atom stereocenters. The van der Waals surface area contributed by atoms with Crippen LogP contribution >= 0.6 is 15.9 Å². The molecule has 3 nitrogen and oxygen atoms in total. The second-order valence-electron chi connectivity index (χ2n) is 4.74. The normalized spacial score (nSPS) is 17.7. The highest BCUT2D eigenvalue weighted by Crippen LogP contribution is 2.19. The van der Waals surface area contributed by atoms with Gasteiger partial charge in [-0.3, -0.25) is 0 Å². The van der Waals surface area contributed by atoms with Crippen molar-refractivity contribution in [3.8, 4) is 0 Å². The molecule has 0 aromatic carbocycles. The lowest BCUT2D eigenvalue weighted by Crippen LogP contribution is -2.28. The summed E-state index contributed by atoms with van der Waals surface area (Å²) in [6, 6.07) is 4.11. The molecule has 2 aromatic heterocycles. The van der Waals surface area contributed by atoms with Crippen LogP contribution in [0, 0.1) is 5.92 Å². The summed E-state index contributed by atoms with van der Waals surface area (Å²) in [6.07, 6.45) is 7.87. The van der Waals surface area contributed by atoms with Crippen LogP contribution in [-0.4, -0.2) is 22.5 Å². The number of imidazole rings is 1. The van der Waals surface area contributed by atoms with Crippen LogP contribution < -0.4 is 5.32 Å². The van der Waals surface area contributed by atoms with Gasteiger partial charge in [0.1, 0.15) is 5.65 Å². The van der Waals surface area contributed by atoms with Crippen molar-refractivity contribution in [2.24, 2.45) is 5.92 Å². The van der Waals surface area contributed by atoms with E-state index >= 15 is 0 Å². The SMILES string of the molecule is Brc1ccn2cc(CC3CCNCC3)nc2c1. The number of aromatic nitrogens is 2. The molecule has 1 fully saturated rings. The molecule has 0 bridgehead atoms. The van der Waals surface area contributed by atoms with E-state index in [4.69, 9.17) is 0 Å². The number of fused-ring (bicyclic) bond motifs is 1. The van der Waals surface area contributed by atoms with E-state index in [1.54, 1.807) is 0 Å². The van der Waals surface area contributed by atoms with E-state index in [0.717, 1.165) is 35.5 Å². The molecule has 1 aliphatic heterocycles. The second kappa shape index (κ2) is 4.78. The maximum atomic E-state index is 4.68. The maximum absolute atomic E-state index is 4.68. The Labute approximate surface area is 109 Å². The molecule has 3 heterocycles. The van der Waals surface area contributed by atoms with Crippen molar-refractivity contribution in [3.63, 3.8) is 0 Å². The van der Waals surface area contributed by atoms with E-state index in [0.29, 0.717) is 0 Å². The number of pyridine rings is 1. The Balaban J connectivity index is 1.80. The van der Waals surface area contributed by atoms with E-state index in [1.165, 1.54) is 18.5 Å². The van der Waals surface area contributed by atoms with Crippen LogP contribution in [0.3, 0.4) is 0 Å². The number of piperidine rings is 1. The Bertz CT molecular complexity index is 514. The molecule has 0 spiro atoms. The molecule has 0 saturated carbocycles. The zero-order valence-electron chi connectivity index (χ0n) is 9.69. The zero-order valence-corrected chi connectivity index (χ0v) is 11.3. The Kier molecular flexibility index (Phi) is 3.16. The number of nitrogens with zero attached hydrogens (tertiary/aromatic N) is 2. The number of hydrogen-bond acceptors (Lipinski definition) is 2. The van der Waals surface area contributed by atoms with Crippen LogP contribution in [0.15, 0.2) is 29.0 Å². The quantitative estimate of drug-likeness (QED) is 0.922. The minimum absolute atomic E-state index is 0.796. The van der Waals surface area contributed by atoms with Crippen LogP contribution in [0.4, 0.5) is 0 Å². The van der Waals surface area contributed by atoms with Crippen LogP contribution in [0.25, 0.3) is 5.65 Å². The third kappa shape index (κ3) is 2.53. The zero-order chi connectivity index (χ0) is 11.7. The van der Waals surface area contributed by atoms with Gasteiger partial charge in [0.15, 0.2) is 0 Å². The van der Waals surface area contributed by atoms with Crippen molar-refractivity contribution < 1.29 is 0 Å².